The Labute approximate surface area is 114 Å². The van der Waals surface area contributed by atoms with E-state index in [-0.39, 0.29) is 11.8 Å². The summed E-state index contributed by atoms with van der Waals surface area (Å²) in [7, 11) is 0. The predicted molar refractivity (Wildman–Crippen MR) is 74.4 cm³/mol. The first-order valence-electron chi connectivity index (χ1n) is 6.83. The van der Waals surface area contributed by atoms with Crippen LogP contribution < -0.4 is 10.6 Å². The predicted octanol–water partition coefficient (Wildman–Crippen LogP) is 1.21. The van der Waals surface area contributed by atoms with Gasteiger partial charge in [-0.1, -0.05) is 31.2 Å². The fourth-order valence-electron chi connectivity index (χ4n) is 2.14. The van der Waals surface area contributed by atoms with Crippen LogP contribution in [-0.4, -0.2) is 24.1 Å². The number of nitrogens with one attached hydrogen (secondary N) is 2. The third kappa shape index (κ3) is 3.55. The molecule has 0 aliphatic carbocycles. The van der Waals surface area contributed by atoms with Crippen molar-refractivity contribution in [3.63, 3.8) is 0 Å². The molecule has 1 fully saturated rings. The molecule has 1 aromatic rings. The van der Waals surface area contributed by atoms with Crippen LogP contribution in [0.5, 0.6) is 0 Å². The average Bonchev–Trinajstić information content (AvgIpc) is 2.34. The van der Waals surface area contributed by atoms with Crippen LogP contribution >= 0.6 is 0 Å². The lowest BCUT2D eigenvalue weighted by atomic mass is 9.88. The molecule has 4 nitrogen and oxygen atoms in total. The zero-order valence-corrected chi connectivity index (χ0v) is 11.5. The fourth-order valence-corrected chi connectivity index (χ4v) is 2.14. The van der Waals surface area contributed by atoms with Gasteiger partial charge >= 0.3 is 0 Å². The van der Waals surface area contributed by atoms with Crippen LogP contribution in [0, 0.1) is 11.8 Å². The van der Waals surface area contributed by atoms with Gasteiger partial charge in [0.15, 0.2) is 0 Å². The van der Waals surface area contributed by atoms with Crippen molar-refractivity contribution in [2.75, 3.05) is 13.1 Å². The van der Waals surface area contributed by atoms with Crippen molar-refractivity contribution < 1.29 is 9.90 Å². The summed E-state index contributed by atoms with van der Waals surface area (Å²) in [5, 5.41) is 15.6. The highest BCUT2D eigenvalue weighted by Crippen LogP contribution is 2.16. The topological polar surface area (TPSA) is 61.4 Å². The van der Waals surface area contributed by atoms with Gasteiger partial charge in [0.2, 0.25) is 5.91 Å². The molecule has 1 amide bonds. The molecule has 3 N–H and O–H groups in total. The first-order valence-corrected chi connectivity index (χ1v) is 6.83. The second-order valence-corrected chi connectivity index (χ2v) is 5.34. The standard InChI is InChI=1S/C15H22N2O2/c1-10(14-8-16-9-14)15(19)17-7-12-3-5-13(6-4-12)11(2)18/h3-6,10-11,14,16,18H,7-9H2,1-2H3,(H,17,19). The molecule has 1 aromatic carbocycles. The summed E-state index contributed by atoms with van der Waals surface area (Å²) in [6.07, 6.45) is -0.449. The molecule has 0 bridgehead atoms. The Bertz CT molecular complexity index is 424. The number of hydrogen-bond acceptors (Lipinski definition) is 3. The first-order chi connectivity index (χ1) is 9.08. The van der Waals surface area contributed by atoms with Gasteiger partial charge < -0.3 is 15.7 Å². The minimum atomic E-state index is -0.449. The second-order valence-electron chi connectivity index (χ2n) is 5.34. The van der Waals surface area contributed by atoms with Gasteiger partial charge in [-0.15, -0.1) is 0 Å². The number of benzene rings is 1. The van der Waals surface area contributed by atoms with E-state index < -0.39 is 6.10 Å². The molecule has 2 atom stereocenters. The van der Waals surface area contributed by atoms with Gasteiger partial charge in [-0.3, -0.25) is 4.79 Å². The highest BCUT2D eigenvalue weighted by atomic mass is 16.3. The summed E-state index contributed by atoms with van der Waals surface area (Å²) >= 11 is 0. The summed E-state index contributed by atoms with van der Waals surface area (Å²) in [5.74, 6) is 0.654. The number of rotatable bonds is 5. The molecule has 1 saturated heterocycles. The van der Waals surface area contributed by atoms with Gasteiger partial charge in [0, 0.05) is 12.5 Å². The van der Waals surface area contributed by atoms with Crippen LogP contribution in [0.25, 0.3) is 0 Å². The van der Waals surface area contributed by atoms with Gasteiger partial charge in [-0.25, -0.2) is 0 Å². The van der Waals surface area contributed by atoms with Crippen LogP contribution in [0.4, 0.5) is 0 Å². The Hall–Kier alpha value is -1.39. The first kappa shape index (κ1) is 14.0. The van der Waals surface area contributed by atoms with Crippen molar-refractivity contribution in [3.05, 3.63) is 35.4 Å². The number of aliphatic hydroxyl groups excluding tert-OH is 1. The Morgan fingerprint density at radius 3 is 2.47 bits per heavy atom. The minimum Gasteiger partial charge on any atom is -0.389 e. The second kappa shape index (κ2) is 6.17. The Balaban J connectivity index is 1.82. The lowest BCUT2D eigenvalue weighted by Gasteiger charge is -2.31. The highest BCUT2D eigenvalue weighted by molar-refractivity contribution is 5.78. The van der Waals surface area contributed by atoms with Gasteiger partial charge in [-0.2, -0.15) is 0 Å². The van der Waals surface area contributed by atoms with Crippen LogP contribution in [0.3, 0.4) is 0 Å². The lowest BCUT2D eigenvalue weighted by molar-refractivity contribution is -0.126. The van der Waals surface area contributed by atoms with Crippen molar-refractivity contribution in [2.24, 2.45) is 11.8 Å². The SMILES string of the molecule is CC(O)c1ccc(CNC(=O)C(C)C2CNC2)cc1. The van der Waals surface area contributed by atoms with Gasteiger partial charge in [-0.05, 0) is 37.1 Å². The number of amides is 1. The Morgan fingerprint density at radius 1 is 1.37 bits per heavy atom. The van der Waals surface area contributed by atoms with Crippen molar-refractivity contribution in [2.45, 2.75) is 26.5 Å². The van der Waals surface area contributed by atoms with Crippen LogP contribution in [-0.2, 0) is 11.3 Å². The maximum absolute atomic E-state index is 11.9. The van der Waals surface area contributed by atoms with Crippen molar-refractivity contribution in [3.8, 4) is 0 Å². The molecule has 0 spiro atoms. The maximum Gasteiger partial charge on any atom is 0.223 e. The van der Waals surface area contributed by atoms with E-state index in [0.29, 0.717) is 12.5 Å². The molecule has 2 rings (SSSR count). The molecule has 2 unspecified atom stereocenters. The number of hydrogen-bond donors (Lipinski definition) is 3. The molecule has 0 saturated carbocycles. The summed E-state index contributed by atoms with van der Waals surface area (Å²) in [4.78, 5) is 11.9. The zero-order valence-electron chi connectivity index (χ0n) is 11.5. The Morgan fingerprint density at radius 2 is 2.00 bits per heavy atom. The van der Waals surface area contributed by atoms with E-state index in [1.54, 1.807) is 6.92 Å². The van der Waals surface area contributed by atoms with E-state index in [4.69, 9.17) is 0 Å². The van der Waals surface area contributed by atoms with Crippen LogP contribution in [0.15, 0.2) is 24.3 Å². The lowest BCUT2D eigenvalue weighted by Crippen LogP contribution is -2.49. The Kier molecular flexibility index (Phi) is 4.56. The van der Waals surface area contributed by atoms with E-state index >= 15 is 0 Å². The molecule has 104 valence electrons. The normalized spacial score (nSPS) is 18.5. The number of carbonyl (C=O) groups is 1. The summed E-state index contributed by atoms with van der Waals surface area (Å²) < 4.78 is 0. The highest BCUT2D eigenvalue weighted by Gasteiger charge is 2.28. The fraction of sp³-hybridized carbons (Fsp3) is 0.533. The summed E-state index contributed by atoms with van der Waals surface area (Å²) in [6, 6.07) is 7.67. The van der Waals surface area contributed by atoms with Crippen molar-refractivity contribution >= 4 is 5.91 Å². The molecular formula is C15H22N2O2. The van der Waals surface area contributed by atoms with E-state index in [1.807, 2.05) is 31.2 Å². The zero-order chi connectivity index (χ0) is 13.8. The maximum atomic E-state index is 11.9. The quantitative estimate of drug-likeness (QED) is 0.747. The van der Waals surface area contributed by atoms with E-state index in [9.17, 15) is 9.90 Å². The van der Waals surface area contributed by atoms with Gasteiger partial charge in [0.05, 0.1) is 6.10 Å². The van der Waals surface area contributed by atoms with E-state index in [0.717, 1.165) is 24.2 Å². The molecule has 4 heteroatoms. The van der Waals surface area contributed by atoms with E-state index in [2.05, 4.69) is 10.6 Å². The number of carbonyl (C=O) groups excluding carboxylic acids is 1. The average molecular weight is 262 g/mol. The third-order valence-electron chi connectivity index (χ3n) is 3.86. The summed E-state index contributed by atoms with van der Waals surface area (Å²) in [5.41, 5.74) is 1.95. The molecule has 0 aromatic heterocycles. The smallest absolute Gasteiger partial charge is 0.223 e. The van der Waals surface area contributed by atoms with Crippen molar-refractivity contribution in [1.82, 2.24) is 10.6 Å². The van der Waals surface area contributed by atoms with Crippen molar-refractivity contribution in [1.29, 1.82) is 0 Å². The number of aliphatic hydroxyl groups is 1. The molecule has 1 aliphatic heterocycles. The van der Waals surface area contributed by atoms with Gasteiger partial charge in [0.1, 0.15) is 0 Å². The molecule has 19 heavy (non-hydrogen) atoms. The molecule has 1 aliphatic rings. The monoisotopic (exact) mass is 262 g/mol. The van der Waals surface area contributed by atoms with E-state index in [1.165, 1.54) is 0 Å². The molecular weight excluding hydrogens is 240 g/mol. The minimum absolute atomic E-state index is 0.0676. The van der Waals surface area contributed by atoms with Gasteiger partial charge in [0.25, 0.3) is 0 Å². The largest absolute Gasteiger partial charge is 0.389 e. The molecule has 1 heterocycles. The third-order valence-corrected chi connectivity index (χ3v) is 3.86. The summed E-state index contributed by atoms with van der Waals surface area (Å²) in [6.45, 7) is 6.15. The van der Waals surface area contributed by atoms with Crippen LogP contribution in [0.2, 0.25) is 0 Å². The van der Waals surface area contributed by atoms with Crippen LogP contribution in [0.1, 0.15) is 31.1 Å². The molecule has 0 radical (unpaired) electrons.